The first-order chi connectivity index (χ1) is 13.0. The molecule has 150 valence electrons. The average molecular weight is 412 g/mol. The van der Waals surface area contributed by atoms with Crippen LogP contribution in [0.15, 0.2) is 18.2 Å². The number of nitrogens with one attached hydrogen (secondary N) is 1. The number of hydrogen-bond donors (Lipinski definition) is 1. The van der Waals surface area contributed by atoms with Crippen LogP contribution < -0.4 is 5.32 Å². The van der Waals surface area contributed by atoms with Crippen molar-refractivity contribution in [3.63, 3.8) is 0 Å². The number of hydrogen-bond acceptors (Lipinski definition) is 3. The van der Waals surface area contributed by atoms with Crippen molar-refractivity contribution in [3.05, 3.63) is 33.8 Å². The molecule has 2 heterocycles. The van der Waals surface area contributed by atoms with Gasteiger partial charge in [0.2, 0.25) is 5.91 Å². The van der Waals surface area contributed by atoms with E-state index in [0.29, 0.717) is 5.02 Å². The van der Waals surface area contributed by atoms with Gasteiger partial charge in [0.25, 0.3) is 0 Å². The van der Waals surface area contributed by atoms with Crippen molar-refractivity contribution in [1.29, 1.82) is 0 Å². The van der Waals surface area contributed by atoms with E-state index in [2.05, 4.69) is 22.2 Å². The Morgan fingerprint density at radius 2 is 1.81 bits per heavy atom. The maximum atomic E-state index is 12.5. The number of likely N-dealkylation sites (tertiary alicyclic amines) is 2. The molecule has 6 heteroatoms. The van der Waals surface area contributed by atoms with Crippen molar-refractivity contribution < 1.29 is 4.79 Å². The Balaban J connectivity index is 1.35. The quantitative estimate of drug-likeness (QED) is 0.766. The third-order valence-electron chi connectivity index (χ3n) is 6.06. The standard InChI is InChI=1S/C21H31Cl2N3O/c1-25-10-5-16(6-11-25)4-9-24-21(27)17-7-12-26(13-8-17)15-18-2-3-19(22)14-20(18)23/h2-3,14,16-17H,4-13,15H2,1H3,(H,24,27). The summed E-state index contributed by atoms with van der Waals surface area (Å²) in [5, 5.41) is 4.57. The molecule has 0 aromatic heterocycles. The largest absolute Gasteiger partial charge is 0.356 e. The normalized spacial score (nSPS) is 20.7. The second-order valence-corrected chi connectivity index (χ2v) is 8.96. The fraction of sp³-hybridized carbons (Fsp3) is 0.667. The van der Waals surface area contributed by atoms with Crippen LogP contribution in [-0.4, -0.2) is 55.5 Å². The molecule has 0 aliphatic carbocycles. The molecule has 0 atom stereocenters. The zero-order chi connectivity index (χ0) is 19.2. The summed E-state index contributed by atoms with van der Waals surface area (Å²) in [6.45, 7) is 5.90. The molecule has 1 aromatic rings. The number of carbonyl (C=O) groups excluding carboxylic acids is 1. The zero-order valence-corrected chi connectivity index (χ0v) is 17.7. The van der Waals surface area contributed by atoms with Gasteiger partial charge < -0.3 is 10.2 Å². The van der Waals surface area contributed by atoms with Crippen LogP contribution in [0.2, 0.25) is 10.0 Å². The molecule has 2 aliphatic heterocycles. The van der Waals surface area contributed by atoms with Crippen LogP contribution in [0.5, 0.6) is 0 Å². The van der Waals surface area contributed by atoms with Gasteiger partial charge in [-0.2, -0.15) is 0 Å². The first-order valence-electron chi connectivity index (χ1n) is 10.1. The summed E-state index contributed by atoms with van der Waals surface area (Å²) in [5.41, 5.74) is 1.10. The van der Waals surface area contributed by atoms with E-state index in [1.54, 1.807) is 6.07 Å². The maximum absolute atomic E-state index is 12.5. The number of benzene rings is 1. The predicted octanol–water partition coefficient (Wildman–Crippen LogP) is 4.05. The van der Waals surface area contributed by atoms with Crippen molar-refractivity contribution in [2.75, 3.05) is 39.8 Å². The Morgan fingerprint density at radius 1 is 1.11 bits per heavy atom. The van der Waals surface area contributed by atoms with Crippen LogP contribution in [0.25, 0.3) is 0 Å². The number of nitrogens with zero attached hydrogens (tertiary/aromatic N) is 2. The van der Waals surface area contributed by atoms with Crippen molar-refractivity contribution in [2.45, 2.75) is 38.6 Å². The fourth-order valence-corrected chi connectivity index (χ4v) is 4.61. The van der Waals surface area contributed by atoms with Gasteiger partial charge in [0.15, 0.2) is 0 Å². The van der Waals surface area contributed by atoms with E-state index in [1.807, 2.05) is 12.1 Å². The lowest BCUT2D eigenvalue weighted by molar-refractivity contribution is -0.126. The number of rotatable bonds is 6. The highest BCUT2D eigenvalue weighted by molar-refractivity contribution is 6.35. The van der Waals surface area contributed by atoms with E-state index >= 15 is 0 Å². The monoisotopic (exact) mass is 411 g/mol. The van der Waals surface area contributed by atoms with E-state index in [-0.39, 0.29) is 11.8 Å². The minimum Gasteiger partial charge on any atom is -0.356 e. The SMILES string of the molecule is CN1CCC(CCNC(=O)C2CCN(Cc3ccc(Cl)cc3Cl)CC2)CC1. The number of amides is 1. The summed E-state index contributed by atoms with van der Waals surface area (Å²) in [4.78, 5) is 17.2. The first kappa shape index (κ1) is 20.9. The van der Waals surface area contributed by atoms with Gasteiger partial charge in [0.1, 0.15) is 0 Å². The average Bonchev–Trinajstić information content (AvgIpc) is 2.66. The number of carbonyl (C=O) groups is 1. The van der Waals surface area contributed by atoms with Gasteiger partial charge in [-0.25, -0.2) is 0 Å². The summed E-state index contributed by atoms with van der Waals surface area (Å²) in [6, 6.07) is 5.67. The van der Waals surface area contributed by atoms with Gasteiger partial charge in [-0.1, -0.05) is 29.3 Å². The second kappa shape index (κ2) is 10.1. The Labute approximate surface area is 173 Å². The lowest BCUT2D eigenvalue weighted by Gasteiger charge is -2.32. The highest BCUT2D eigenvalue weighted by Gasteiger charge is 2.25. The van der Waals surface area contributed by atoms with Crippen LogP contribution in [-0.2, 0) is 11.3 Å². The van der Waals surface area contributed by atoms with Crippen LogP contribution in [0.4, 0.5) is 0 Å². The van der Waals surface area contributed by atoms with Gasteiger partial charge in [-0.15, -0.1) is 0 Å². The van der Waals surface area contributed by atoms with Gasteiger partial charge >= 0.3 is 0 Å². The molecule has 27 heavy (non-hydrogen) atoms. The maximum Gasteiger partial charge on any atom is 0.223 e. The molecule has 2 aliphatic rings. The summed E-state index contributed by atoms with van der Waals surface area (Å²) < 4.78 is 0. The van der Waals surface area contributed by atoms with Crippen LogP contribution in [0, 0.1) is 11.8 Å². The molecule has 2 fully saturated rings. The fourth-order valence-electron chi connectivity index (χ4n) is 4.14. The topological polar surface area (TPSA) is 35.6 Å². The van der Waals surface area contributed by atoms with E-state index in [1.165, 1.54) is 25.9 Å². The summed E-state index contributed by atoms with van der Waals surface area (Å²) in [7, 11) is 2.19. The van der Waals surface area contributed by atoms with Crippen LogP contribution in [0.1, 0.15) is 37.7 Å². The van der Waals surface area contributed by atoms with Gasteiger partial charge in [0, 0.05) is 29.1 Å². The smallest absolute Gasteiger partial charge is 0.223 e. The predicted molar refractivity (Wildman–Crippen MR) is 112 cm³/mol. The molecule has 1 aromatic carbocycles. The Morgan fingerprint density at radius 3 is 2.48 bits per heavy atom. The van der Waals surface area contributed by atoms with Crippen molar-refractivity contribution in [2.24, 2.45) is 11.8 Å². The molecular weight excluding hydrogens is 381 g/mol. The lowest BCUT2D eigenvalue weighted by atomic mass is 9.93. The van der Waals surface area contributed by atoms with Gasteiger partial charge in [-0.3, -0.25) is 9.69 Å². The molecule has 3 rings (SSSR count). The molecule has 1 amide bonds. The number of halogens is 2. The van der Waals surface area contributed by atoms with Crippen molar-refractivity contribution in [1.82, 2.24) is 15.1 Å². The first-order valence-corrected chi connectivity index (χ1v) is 10.9. The van der Waals surface area contributed by atoms with Crippen LogP contribution >= 0.6 is 23.2 Å². The molecule has 4 nitrogen and oxygen atoms in total. The Hall–Kier alpha value is -0.810. The highest BCUT2D eigenvalue weighted by Crippen LogP contribution is 2.25. The molecular formula is C21H31Cl2N3O. The van der Waals surface area contributed by atoms with Gasteiger partial charge in [-0.05, 0) is 88.9 Å². The Bertz CT molecular complexity index is 624. The third-order valence-corrected chi connectivity index (χ3v) is 6.64. The molecule has 0 unspecified atom stereocenters. The van der Waals surface area contributed by atoms with E-state index in [0.717, 1.165) is 61.9 Å². The van der Waals surface area contributed by atoms with E-state index in [9.17, 15) is 4.79 Å². The third kappa shape index (κ3) is 6.35. The molecule has 2 saturated heterocycles. The second-order valence-electron chi connectivity index (χ2n) is 8.11. The molecule has 1 N–H and O–H groups in total. The van der Waals surface area contributed by atoms with Crippen molar-refractivity contribution >= 4 is 29.1 Å². The highest BCUT2D eigenvalue weighted by atomic mass is 35.5. The van der Waals surface area contributed by atoms with Crippen LogP contribution in [0.3, 0.4) is 0 Å². The van der Waals surface area contributed by atoms with Gasteiger partial charge in [0.05, 0.1) is 0 Å². The summed E-state index contributed by atoms with van der Waals surface area (Å²) >= 11 is 12.2. The number of piperidine rings is 2. The summed E-state index contributed by atoms with van der Waals surface area (Å²) in [5.74, 6) is 1.17. The molecule has 0 bridgehead atoms. The van der Waals surface area contributed by atoms with E-state index < -0.39 is 0 Å². The summed E-state index contributed by atoms with van der Waals surface area (Å²) in [6.07, 6.45) is 5.49. The molecule has 0 spiro atoms. The Kier molecular flexibility index (Phi) is 7.83. The lowest BCUT2D eigenvalue weighted by Crippen LogP contribution is -2.41. The zero-order valence-electron chi connectivity index (χ0n) is 16.2. The minimum atomic E-state index is 0.152. The minimum absolute atomic E-state index is 0.152. The van der Waals surface area contributed by atoms with E-state index in [4.69, 9.17) is 23.2 Å². The van der Waals surface area contributed by atoms with Crippen molar-refractivity contribution in [3.8, 4) is 0 Å². The molecule has 0 radical (unpaired) electrons. The molecule has 0 saturated carbocycles.